The van der Waals surface area contributed by atoms with Gasteiger partial charge in [0.25, 0.3) is 0 Å². The molecule has 0 saturated carbocycles. The highest BCUT2D eigenvalue weighted by atomic mass is 16.3. The number of hydrogen-bond donors (Lipinski definition) is 2. The minimum Gasteiger partial charge on any atom is -0.395 e. The fourth-order valence-electron chi connectivity index (χ4n) is 0.996. The molecule has 2 N–H and O–H groups in total. The number of carbonyl (C=O) groups is 2. The van der Waals surface area contributed by atoms with Gasteiger partial charge in [0.05, 0.1) is 6.61 Å². The Hall–Kier alpha value is -1.26. The van der Waals surface area contributed by atoms with E-state index in [1.807, 2.05) is 0 Å². The molecule has 1 aliphatic rings. The van der Waals surface area contributed by atoms with Gasteiger partial charge < -0.3 is 10.4 Å². The van der Waals surface area contributed by atoms with E-state index in [4.69, 9.17) is 5.11 Å². The quantitative estimate of drug-likeness (QED) is 0.440. The van der Waals surface area contributed by atoms with Crippen molar-refractivity contribution in [3.05, 3.63) is 23.8 Å². The lowest BCUT2D eigenvalue weighted by molar-refractivity contribution is -0.114. The Balaban J connectivity index is 2.48. The van der Waals surface area contributed by atoms with Crippen LogP contribution in [0.1, 0.15) is 0 Å². The van der Waals surface area contributed by atoms with Crippen molar-refractivity contribution in [1.29, 1.82) is 0 Å². The molecule has 13 heavy (non-hydrogen) atoms. The lowest BCUT2D eigenvalue weighted by atomic mass is 10.0. The standard InChI is InChI=1S/C9H11NO3/c11-4-3-10-6-7-5-8(12)1-2-9(7)13/h1-2,5,10-11H,3-4,6H2. The maximum absolute atomic E-state index is 11.1. The van der Waals surface area contributed by atoms with Crippen LogP contribution >= 0.6 is 0 Å². The van der Waals surface area contributed by atoms with Crippen LogP contribution in [0.2, 0.25) is 0 Å². The summed E-state index contributed by atoms with van der Waals surface area (Å²) in [7, 11) is 0. The molecule has 0 fully saturated rings. The van der Waals surface area contributed by atoms with Crippen molar-refractivity contribution in [2.75, 3.05) is 19.7 Å². The van der Waals surface area contributed by atoms with Crippen molar-refractivity contribution in [2.45, 2.75) is 0 Å². The smallest absolute Gasteiger partial charge is 0.183 e. The molecular formula is C9H11NO3. The third kappa shape index (κ3) is 2.93. The van der Waals surface area contributed by atoms with Gasteiger partial charge in [0.2, 0.25) is 0 Å². The van der Waals surface area contributed by atoms with Crippen LogP contribution in [0.3, 0.4) is 0 Å². The molecule has 0 amide bonds. The van der Waals surface area contributed by atoms with Crippen LogP contribution in [0, 0.1) is 0 Å². The van der Waals surface area contributed by atoms with E-state index in [-0.39, 0.29) is 18.2 Å². The predicted octanol–water partition coefficient (Wildman–Crippen LogP) is -0.797. The van der Waals surface area contributed by atoms with Crippen molar-refractivity contribution in [1.82, 2.24) is 5.32 Å². The van der Waals surface area contributed by atoms with E-state index in [1.165, 1.54) is 18.2 Å². The highest BCUT2D eigenvalue weighted by molar-refractivity contribution is 6.17. The lowest BCUT2D eigenvalue weighted by Gasteiger charge is -2.06. The van der Waals surface area contributed by atoms with E-state index in [1.54, 1.807) is 0 Å². The molecule has 0 atom stereocenters. The van der Waals surface area contributed by atoms with E-state index in [0.717, 1.165) is 0 Å². The van der Waals surface area contributed by atoms with Crippen LogP contribution in [0.15, 0.2) is 23.8 Å². The van der Waals surface area contributed by atoms with Crippen molar-refractivity contribution < 1.29 is 14.7 Å². The average Bonchev–Trinajstić information content (AvgIpc) is 2.11. The topological polar surface area (TPSA) is 66.4 Å². The highest BCUT2D eigenvalue weighted by Gasteiger charge is 2.11. The number of carbonyl (C=O) groups excluding carboxylic acids is 2. The minimum atomic E-state index is -0.166. The molecule has 0 spiro atoms. The molecule has 0 aromatic heterocycles. The Morgan fingerprint density at radius 3 is 2.77 bits per heavy atom. The summed E-state index contributed by atoms with van der Waals surface area (Å²) in [5.41, 5.74) is 0.445. The molecule has 0 aliphatic heterocycles. The SMILES string of the molecule is O=C1C=CC(=O)C(CNCCO)=C1. The molecule has 4 heteroatoms. The first-order chi connectivity index (χ1) is 6.24. The van der Waals surface area contributed by atoms with Crippen molar-refractivity contribution in [2.24, 2.45) is 0 Å². The van der Waals surface area contributed by atoms with Gasteiger partial charge in [-0.3, -0.25) is 9.59 Å². The molecule has 4 nitrogen and oxygen atoms in total. The summed E-state index contributed by atoms with van der Waals surface area (Å²) < 4.78 is 0. The second-order valence-electron chi connectivity index (χ2n) is 2.67. The summed E-state index contributed by atoms with van der Waals surface area (Å²) in [5.74, 6) is -0.314. The lowest BCUT2D eigenvalue weighted by Crippen LogP contribution is -2.25. The summed E-state index contributed by atoms with van der Waals surface area (Å²) in [6.45, 7) is 0.767. The Labute approximate surface area is 75.9 Å². The average molecular weight is 181 g/mol. The highest BCUT2D eigenvalue weighted by Crippen LogP contribution is 2.03. The van der Waals surface area contributed by atoms with Gasteiger partial charge >= 0.3 is 0 Å². The molecule has 0 saturated heterocycles. The van der Waals surface area contributed by atoms with Crippen molar-refractivity contribution in [3.8, 4) is 0 Å². The second-order valence-corrected chi connectivity index (χ2v) is 2.67. The van der Waals surface area contributed by atoms with Gasteiger partial charge in [0, 0.05) is 18.7 Å². The van der Waals surface area contributed by atoms with Gasteiger partial charge in [-0.1, -0.05) is 0 Å². The minimum absolute atomic E-state index is 0.0191. The largest absolute Gasteiger partial charge is 0.395 e. The number of aliphatic hydroxyl groups excluding tert-OH is 1. The fourth-order valence-corrected chi connectivity index (χ4v) is 0.996. The zero-order chi connectivity index (χ0) is 9.68. The van der Waals surface area contributed by atoms with E-state index in [9.17, 15) is 9.59 Å². The Morgan fingerprint density at radius 1 is 1.31 bits per heavy atom. The number of nitrogens with one attached hydrogen (secondary N) is 1. The van der Waals surface area contributed by atoms with E-state index in [0.29, 0.717) is 18.7 Å². The number of aliphatic hydroxyl groups is 1. The van der Waals surface area contributed by atoms with Gasteiger partial charge in [-0.05, 0) is 18.2 Å². The third-order valence-electron chi connectivity index (χ3n) is 1.64. The summed E-state index contributed by atoms with van der Waals surface area (Å²) in [4.78, 5) is 22.0. The molecular weight excluding hydrogens is 170 g/mol. The maximum atomic E-state index is 11.1. The molecule has 0 unspecified atom stereocenters. The number of rotatable bonds is 4. The molecule has 70 valence electrons. The molecule has 0 radical (unpaired) electrons. The zero-order valence-corrected chi connectivity index (χ0v) is 7.12. The Bertz CT molecular complexity index is 279. The van der Waals surface area contributed by atoms with Crippen LogP contribution in [0.25, 0.3) is 0 Å². The molecule has 0 aromatic rings. The summed E-state index contributed by atoms with van der Waals surface area (Å²) in [6, 6.07) is 0. The van der Waals surface area contributed by atoms with Crippen LogP contribution in [0.5, 0.6) is 0 Å². The van der Waals surface area contributed by atoms with Gasteiger partial charge in [0.1, 0.15) is 0 Å². The number of allylic oxidation sites excluding steroid dienone is 3. The number of hydrogen-bond acceptors (Lipinski definition) is 4. The molecule has 0 aromatic carbocycles. The van der Waals surface area contributed by atoms with Gasteiger partial charge in [-0.15, -0.1) is 0 Å². The third-order valence-corrected chi connectivity index (χ3v) is 1.64. The molecule has 0 bridgehead atoms. The number of ketones is 2. The van der Waals surface area contributed by atoms with E-state index < -0.39 is 0 Å². The van der Waals surface area contributed by atoms with Crippen molar-refractivity contribution >= 4 is 11.6 Å². The zero-order valence-electron chi connectivity index (χ0n) is 7.12. The molecule has 0 heterocycles. The summed E-state index contributed by atoms with van der Waals surface area (Å²) in [5, 5.41) is 11.3. The monoisotopic (exact) mass is 181 g/mol. The van der Waals surface area contributed by atoms with Gasteiger partial charge in [-0.2, -0.15) is 0 Å². The summed E-state index contributed by atoms with van der Waals surface area (Å²) in [6.07, 6.45) is 3.82. The van der Waals surface area contributed by atoms with Gasteiger partial charge in [-0.25, -0.2) is 0 Å². The summed E-state index contributed by atoms with van der Waals surface area (Å²) >= 11 is 0. The first kappa shape index (κ1) is 9.83. The van der Waals surface area contributed by atoms with Crippen LogP contribution in [0.4, 0.5) is 0 Å². The maximum Gasteiger partial charge on any atom is 0.183 e. The predicted molar refractivity (Wildman–Crippen MR) is 47.2 cm³/mol. The first-order valence-corrected chi connectivity index (χ1v) is 4.02. The first-order valence-electron chi connectivity index (χ1n) is 4.02. The van der Waals surface area contributed by atoms with Crippen LogP contribution < -0.4 is 5.32 Å². The molecule has 1 rings (SSSR count). The van der Waals surface area contributed by atoms with Gasteiger partial charge in [0.15, 0.2) is 11.6 Å². The fraction of sp³-hybridized carbons (Fsp3) is 0.333. The van der Waals surface area contributed by atoms with E-state index in [2.05, 4.69) is 5.32 Å². The van der Waals surface area contributed by atoms with Crippen LogP contribution in [-0.4, -0.2) is 36.4 Å². The van der Waals surface area contributed by atoms with Crippen LogP contribution in [-0.2, 0) is 9.59 Å². The van der Waals surface area contributed by atoms with E-state index >= 15 is 0 Å². The normalized spacial score (nSPS) is 16.2. The molecule has 1 aliphatic carbocycles. The van der Waals surface area contributed by atoms with Crippen molar-refractivity contribution in [3.63, 3.8) is 0 Å². The Morgan fingerprint density at radius 2 is 2.08 bits per heavy atom. The Kier molecular flexibility index (Phi) is 3.54. The second kappa shape index (κ2) is 4.69.